The van der Waals surface area contributed by atoms with Crippen molar-refractivity contribution in [2.24, 2.45) is 0 Å². The topological polar surface area (TPSA) is 93.0 Å². The van der Waals surface area contributed by atoms with E-state index in [0.717, 1.165) is 22.0 Å². The molecular formula is C17H10ClF3IN5O2. The zero-order chi connectivity index (χ0) is 21.2. The van der Waals surface area contributed by atoms with Gasteiger partial charge >= 0.3 is 11.9 Å². The Balaban J connectivity index is 1.98. The van der Waals surface area contributed by atoms with Crippen LogP contribution < -0.4 is 10.6 Å². The molecule has 0 aliphatic heterocycles. The predicted molar refractivity (Wildman–Crippen MR) is 111 cm³/mol. The molecular weight excluding hydrogens is 526 g/mol. The van der Waals surface area contributed by atoms with Crippen LogP contribution in [0.4, 0.5) is 41.9 Å². The fraction of sp³-hybridized carbons (Fsp3) is 0.0588. The Kier molecular flexibility index (Phi) is 6.07. The molecule has 0 aliphatic carbocycles. The fourth-order valence-corrected chi connectivity index (χ4v) is 2.95. The Labute approximate surface area is 180 Å². The molecule has 7 nitrogen and oxygen atoms in total. The van der Waals surface area contributed by atoms with E-state index in [-0.39, 0.29) is 17.3 Å². The second kappa shape index (κ2) is 8.37. The van der Waals surface area contributed by atoms with Gasteiger partial charge in [-0.15, -0.1) is 0 Å². The van der Waals surface area contributed by atoms with E-state index in [9.17, 15) is 23.3 Å². The van der Waals surface area contributed by atoms with Crippen molar-refractivity contribution in [3.05, 3.63) is 73.1 Å². The van der Waals surface area contributed by atoms with E-state index < -0.39 is 27.4 Å². The van der Waals surface area contributed by atoms with Gasteiger partial charge in [0.1, 0.15) is 6.33 Å². The van der Waals surface area contributed by atoms with Crippen molar-refractivity contribution in [3.63, 3.8) is 0 Å². The maximum absolute atomic E-state index is 13.1. The Morgan fingerprint density at radius 1 is 1.00 bits per heavy atom. The monoisotopic (exact) mass is 535 g/mol. The molecule has 12 heteroatoms. The van der Waals surface area contributed by atoms with Crippen LogP contribution in [0.15, 0.2) is 48.8 Å². The first-order valence-electron chi connectivity index (χ1n) is 7.81. The van der Waals surface area contributed by atoms with Crippen molar-refractivity contribution in [1.29, 1.82) is 0 Å². The van der Waals surface area contributed by atoms with E-state index >= 15 is 0 Å². The van der Waals surface area contributed by atoms with Gasteiger partial charge in [-0.1, -0.05) is 11.6 Å². The average Bonchev–Trinajstić information content (AvgIpc) is 2.64. The summed E-state index contributed by atoms with van der Waals surface area (Å²) in [4.78, 5) is 18.6. The largest absolute Gasteiger partial charge is 0.417 e. The van der Waals surface area contributed by atoms with Crippen LogP contribution in [0, 0.1) is 13.7 Å². The zero-order valence-electron chi connectivity index (χ0n) is 14.2. The molecule has 0 unspecified atom stereocenters. The Morgan fingerprint density at radius 3 is 2.10 bits per heavy atom. The lowest BCUT2D eigenvalue weighted by atomic mass is 10.2. The van der Waals surface area contributed by atoms with Crippen LogP contribution in [0.3, 0.4) is 0 Å². The molecule has 2 aromatic carbocycles. The number of rotatable bonds is 5. The molecule has 0 amide bonds. The predicted octanol–water partition coefficient (Wildman–Crippen LogP) is 6.15. The van der Waals surface area contributed by atoms with E-state index in [0.29, 0.717) is 5.69 Å². The number of aromatic nitrogens is 2. The van der Waals surface area contributed by atoms with Gasteiger partial charge in [-0.05, 0) is 65.1 Å². The van der Waals surface area contributed by atoms with Crippen LogP contribution in [0.5, 0.6) is 0 Å². The molecule has 0 bridgehead atoms. The summed E-state index contributed by atoms with van der Waals surface area (Å²) >= 11 is 7.71. The van der Waals surface area contributed by atoms with E-state index in [4.69, 9.17) is 11.6 Å². The number of nitro groups is 1. The van der Waals surface area contributed by atoms with Gasteiger partial charge in [0.2, 0.25) is 11.6 Å². The van der Waals surface area contributed by atoms with Crippen molar-refractivity contribution in [1.82, 2.24) is 9.97 Å². The molecule has 29 heavy (non-hydrogen) atoms. The molecule has 1 aromatic heterocycles. The van der Waals surface area contributed by atoms with Gasteiger partial charge < -0.3 is 10.6 Å². The van der Waals surface area contributed by atoms with Crippen LogP contribution in [-0.4, -0.2) is 14.9 Å². The number of benzene rings is 2. The summed E-state index contributed by atoms with van der Waals surface area (Å²) in [7, 11) is 0. The molecule has 0 saturated heterocycles. The minimum absolute atomic E-state index is 0.0660. The molecule has 3 aromatic rings. The van der Waals surface area contributed by atoms with Crippen LogP contribution in [0.2, 0.25) is 5.02 Å². The number of nitrogens with zero attached hydrogens (tertiary/aromatic N) is 3. The van der Waals surface area contributed by atoms with Crippen molar-refractivity contribution in [2.75, 3.05) is 10.6 Å². The summed E-state index contributed by atoms with van der Waals surface area (Å²) in [6.45, 7) is 0. The van der Waals surface area contributed by atoms with Crippen molar-refractivity contribution in [3.8, 4) is 0 Å². The number of nitrogens with one attached hydrogen (secondary N) is 2. The van der Waals surface area contributed by atoms with Crippen molar-refractivity contribution >= 4 is 62.9 Å². The first kappa shape index (κ1) is 21.0. The summed E-state index contributed by atoms with van der Waals surface area (Å²) in [5.74, 6) is -0.382. The second-order valence-corrected chi connectivity index (χ2v) is 7.28. The molecule has 0 aliphatic rings. The van der Waals surface area contributed by atoms with Crippen LogP contribution >= 0.6 is 34.2 Å². The fourth-order valence-electron chi connectivity index (χ4n) is 2.36. The summed E-state index contributed by atoms with van der Waals surface area (Å²) in [5.41, 5.74) is -1.11. The maximum atomic E-state index is 13.1. The summed E-state index contributed by atoms with van der Waals surface area (Å²) in [6.07, 6.45) is -3.62. The van der Waals surface area contributed by atoms with Crippen LogP contribution in [-0.2, 0) is 6.18 Å². The zero-order valence-corrected chi connectivity index (χ0v) is 17.1. The number of alkyl halides is 3. The highest BCUT2D eigenvalue weighted by Gasteiger charge is 2.33. The summed E-state index contributed by atoms with van der Waals surface area (Å²) < 4.78 is 40.1. The van der Waals surface area contributed by atoms with Gasteiger partial charge in [-0.3, -0.25) is 10.1 Å². The number of hydrogen-bond acceptors (Lipinski definition) is 6. The number of anilines is 4. The summed E-state index contributed by atoms with van der Waals surface area (Å²) in [6, 6.07) is 10.1. The third-order valence-electron chi connectivity index (χ3n) is 3.65. The van der Waals surface area contributed by atoms with E-state index in [1.165, 1.54) is 6.07 Å². The second-order valence-electron chi connectivity index (χ2n) is 5.63. The van der Waals surface area contributed by atoms with Gasteiger partial charge in [0.25, 0.3) is 0 Å². The molecule has 0 fully saturated rings. The quantitative estimate of drug-likeness (QED) is 0.231. The highest BCUT2D eigenvalue weighted by Crippen LogP contribution is 2.38. The third-order valence-corrected chi connectivity index (χ3v) is 4.70. The third kappa shape index (κ3) is 5.03. The Morgan fingerprint density at radius 2 is 1.55 bits per heavy atom. The minimum Gasteiger partial charge on any atom is -0.334 e. The smallest absolute Gasteiger partial charge is 0.334 e. The van der Waals surface area contributed by atoms with E-state index in [2.05, 4.69) is 43.2 Å². The lowest BCUT2D eigenvalue weighted by molar-refractivity contribution is -0.383. The lowest BCUT2D eigenvalue weighted by Gasteiger charge is -2.13. The normalized spacial score (nSPS) is 11.2. The first-order valence-corrected chi connectivity index (χ1v) is 9.26. The van der Waals surface area contributed by atoms with Gasteiger partial charge in [0.15, 0.2) is 0 Å². The molecule has 0 saturated carbocycles. The molecule has 0 radical (unpaired) electrons. The minimum atomic E-state index is -4.68. The number of hydrogen-bond donors (Lipinski definition) is 2. The first-order chi connectivity index (χ1) is 13.6. The maximum Gasteiger partial charge on any atom is 0.417 e. The highest BCUT2D eigenvalue weighted by atomic mass is 127. The molecule has 2 N–H and O–H groups in total. The van der Waals surface area contributed by atoms with Crippen molar-refractivity contribution in [2.45, 2.75) is 6.18 Å². The Hall–Kier alpha value is -2.67. The summed E-state index contributed by atoms with van der Waals surface area (Å²) in [5, 5.41) is 16.5. The number of halogens is 5. The van der Waals surface area contributed by atoms with Crippen molar-refractivity contribution < 1.29 is 18.1 Å². The van der Waals surface area contributed by atoms with Gasteiger partial charge in [0, 0.05) is 14.9 Å². The van der Waals surface area contributed by atoms with Gasteiger partial charge in [-0.2, -0.15) is 13.2 Å². The lowest BCUT2D eigenvalue weighted by Crippen LogP contribution is -2.08. The molecule has 0 spiro atoms. The van der Waals surface area contributed by atoms with Crippen LogP contribution in [0.25, 0.3) is 0 Å². The average molecular weight is 536 g/mol. The van der Waals surface area contributed by atoms with Crippen LogP contribution in [0.1, 0.15) is 5.56 Å². The van der Waals surface area contributed by atoms with E-state index in [1.54, 1.807) is 24.3 Å². The highest BCUT2D eigenvalue weighted by molar-refractivity contribution is 14.1. The van der Waals surface area contributed by atoms with Gasteiger partial charge in [0.05, 0.1) is 15.5 Å². The SMILES string of the molecule is O=[N+]([O-])c1c(Nc2ccc(I)cc2)ncnc1Nc1ccc(Cl)c(C(F)(F)F)c1. The standard InChI is InChI=1S/C17H10ClF3IN5O2/c18-13-6-5-11(7-12(13)17(19,20)21)26-16-14(27(28)29)15(23-8-24-16)25-10-3-1-9(22)2-4-10/h1-8H,(H2,23,24,25,26). The Bertz CT molecular complexity index is 1060. The van der Waals surface area contributed by atoms with E-state index in [1.807, 2.05) is 0 Å². The molecule has 1 heterocycles. The molecule has 150 valence electrons. The molecule has 3 rings (SSSR count). The molecule has 0 atom stereocenters. The van der Waals surface area contributed by atoms with Gasteiger partial charge in [-0.25, -0.2) is 9.97 Å².